The minimum absolute atomic E-state index is 0.196. The molecule has 0 saturated heterocycles. The maximum absolute atomic E-state index is 12.1. The van der Waals surface area contributed by atoms with Crippen LogP contribution in [0.3, 0.4) is 0 Å². The minimum atomic E-state index is -0.596. The fraction of sp³-hybridized carbons (Fsp3) is 0.800. The molecule has 0 N–H and O–H groups in total. The van der Waals surface area contributed by atoms with E-state index in [1.54, 1.807) is 0 Å². The first-order chi connectivity index (χ1) is 10.6. The maximum atomic E-state index is 12.1. The van der Waals surface area contributed by atoms with E-state index in [1.165, 1.54) is 0 Å². The minimum Gasteiger partial charge on any atom is -0.456 e. The number of rotatable bonds is 6. The Labute approximate surface area is 148 Å². The average molecular weight is 341 g/mol. The van der Waals surface area contributed by atoms with Crippen molar-refractivity contribution in [3.05, 3.63) is 12.2 Å². The number of esters is 2. The van der Waals surface area contributed by atoms with Crippen LogP contribution in [0.25, 0.3) is 0 Å². The summed E-state index contributed by atoms with van der Waals surface area (Å²) in [6, 6.07) is 0. The van der Waals surface area contributed by atoms with Crippen LogP contribution in [-0.2, 0) is 19.1 Å². The van der Waals surface area contributed by atoms with E-state index in [0.29, 0.717) is 12.8 Å². The summed E-state index contributed by atoms with van der Waals surface area (Å²) >= 11 is 0. The van der Waals surface area contributed by atoms with Crippen LogP contribution < -0.4 is 0 Å². The molecule has 2 atom stereocenters. The molecule has 0 amide bonds. The molecule has 0 heterocycles. The lowest BCUT2D eigenvalue weighted by Crippen LogP contribution is -2.44. The molecular weight excluding hydrogens is 304 g/mol. The van der Waals surface area contributed by atoms with E-state index in [9.17, 15) is 9.59 Å². The van der Waals surface area contributed by atoms with Gasteiger partial charge in [0.05, 0.1) is 0 Å². The standard InChI is InChI=1S/C20H36O4/c1-11-19(9,17(3,4)5)23-15(21)13-14-16(22)24-20(10,12-2)18(6,7)8/h13-14H,11-12H2,1-10H3/b14-13+. The lowest BCUT2D eigenvalue weighted by Gasteiger charge is -2.40. The molecule has 2 unspecified atom stereocenters. The molecule has 24 heavy (non-hydrogen) atoms. The van der Waals surface area contributed by atoms with Gasteiger partial charge in [-0.25, -0.2) is 9.59 Å². The van der Waals surface area contributed by atoms with Gasteiger partial charge >= 0.3 is 11.9 Å². The normalized spacial score (nSPS) is 17.9. The zero-order valence-corrected chi connectivity index (χ0v) is 17.2. The van der Waals surface area contributed by atoms with Crippen molar-refractivity contribution in [3.8, 4) is 0 Å². The Kier molecular flexibility index (Phi) is 7.29. The van der Waals surface area contributed by atoms with E-state index in [1.807, 2.05) is 69.2 Å². The van der Waals surface area contributed by atoms with Crippen LogP contribution in [-0.4, -0.2) is 23.1 Å². The van der Waals surface area contributed by atoms with Gasteiger partial charge in [-0.1, -0.05) is 55.4 Å². The predicted molar refractivity (Wildman–Crippen MR) is 97.6 cm³/mol. The van der Waals surface area contributed by atoms with Crippen LogP contribution >= 0.6 is 0 Å². The first-order valence-electron chi connectivity index (χ1n) is 8.76. The summed E-state index contributed by atoms with van der Waals surface area (Å²) in [5.74, 6) is -1.06. The monoisotopic (exact) mass is 340 g/mol. The van der Waals surface area contributed by atoms with Gasteiger partial charge in [0.1, 0.15) is 11.2 Å². The van der Waals surface area contributed by atoms with Gasteiger partial charge in [-0.3, -0.25) is 0 Å². The first kappa shape index (κ1) is 22.7. The van der Waals surface area contributed by atoms with E-state index in [0.717, 1.165) is 12.2 Å². The zero-order chi connectivity index (χ0) is 19.4. The van der Waals surface area contributed by atoms with Gasteiger partial charge in [-0.15, -0.1) is 0 Å². The van der Waals surface area contributed by atoms with Crippen molar-refractivity contribution in [3.63, 3.8) is 0 Å². The molecule has 4 heteroatoms. The molecule has 0 saturated carbocycles. The second-order valence-electron chi connectivity index (χ2n) is 8.84. The molecule has 4 nitrogen and oxygen atoms in total. The lowest BCUT2D eigenvalue weighted by molar-refractivity contribution is -0.167. The molecular formula is C20H36O4. The van der Waals surface area contributed by atoms with Gasteiger partial charge < -0.3 is 9.47 Å². The van der Waals surface area contributed by atoms with E-state index < -0.39 is 23.1 Å². The number of carbonyl (C=O) groups is 2. The SMILES string of the molecule is CCC(C)(OC(=O)/C=C/C(=O)OC(C)(CC)C(C)(C)C)C(C)(C)C. The summed E-state index contributed by atoms with van der Waals surface area (Å²) in [6.07, 6.45) is 3.69. The van der Waals surface area contributed by atoms with Crippen LogP contribution in [0.5, 0.6) is 0 Å². The van der Waals surface area contributed by atoms with Crippen molar-refractivity contribution >= 4 is 11.9 Å². The summed E-state index contributed by atoms with van der Waals surface area (Å²) < 4.78 is 11.2. The van der Waals surface area contributed by atoms with Gasteiger partial charge in [0.2, 0.25) is 0 Å². The van der Waals surface area contributed by atoms with Gasteiger partial charge in [0.15, 0.2) is 0 Å². The number of ether oxygens (including phenoxy) is 2. The summed E-state index contributed by atoms with van der Waals surface area (Å²) in [7, 11) is 0. The zero-order valence-electron chi connectivity index (χ0n) is 17.2. The van der Waals surface area contributed by atoms with Crippen LogP contribution in [0, 0.1) is 10.8 Å². The fourth-order valence-corrected chi connectivity index (χ4v) is 2.16. The van der Waals surface area contributed by atoms with Gasteiger partial charge in [0.25, 0.3) is 0 Å². The molecule has 140 valence electrons. The molecule has 0 fully saturated rings. The van der Waals surface area contributed by atoms with E-state index in [4.69, 9.17) is 9.47 Å². The Morgan fingerprint density at radius 2 is 0.917 bits per heavy atom. The second-order valence-corrected chi connectivity index (χ2v) is 8.84. The third-order valence-corrected chi connectivity index (χ3v) is 5.53. The second kappa shape index (κ2) is 7.71. The molecule has 0 aliphatic rings. The van der Waals surface area contributed by atoms with Crippen molar-refractivity contribution in [2.75, 3.05) is 0 Å². The van der Waals surface area contributed by atoms with Crippen molar-refractivity contribution in [2.45, 2.75) is 93.3 Å². The molecule has 0 aromatic rings. The summed E-state index contributed by atoms with van der Waals surface area (Å²) in [5, 5.41) is 0. The summed E-state index contributed by atoms with van der Waals surface area (Å²) in [4.78, 5) is 24.2. The Bertz CT molecular complexity index is 435. The average Bonchev–Trinajstić information content (AvgIpc) is 2.42. The smallest absolute Gasteiger partial charge is 0.331 e. The highest BCUT2D eigenvalue weighted by Gasteiger charge is 2.40. The fourth-order valence-electron chi connectivity index (χ4n) is 2.16. The Morgan fingerprint density at radius 3 is 1.08 bits per heavy atom. The van der Waals surface area contributed by atoms with Gasteiger partial charge in [0, 0.05) is 23.0 Å². The number of hydrogen-bond donors (Lipinski definition) is 0. The third kappa shape index (κ3) is 5.64. The van der Waals surface area contributed by atoms with Crippen molar-refractivity contribution < 1.29 is 19.1 Å². The highest BCUT2D eigenvalue weighted by molar-refractivity contribution is 5.92. The van der Waals surface area contributed by atoms with Crippen LogP contribution in [0.1, 0.15) is 82.1 Å². The molecule has 0 aromatic heterocycles. The van der Waals surface area contributed by atoms with Crippen molar-refractivity contribution in [1.29, 1.82) is 0 Å². The summed E-state index contributed by atoms with van der Waals surface area (Å²) in [6.45, 7) is 19.9. The largest absolute Gasteiger partial charge is 0.456 e. The molecule has 0 aromatic carbocycles. The topological polar surface area (TPSA) is 52.6 Å². The van der Waals surface area contributed by atoms with Crippen LogP contribution in [0.2, 0.25) is 0 Å². The highest BCUT2D eigenvalue weighted by atomic mass is 16.6. The Morgan fingerprint density at radius 1 is 0.667 bits per heavy atom. The van der Waals surface area contributed by atoms with Gasteiger partial charge in [-0.05, 0) is 26.7 Å². The molecule has 0 radical (unpaired) electrons. The van der Waals surface area contributed by atoms with Crippen LogP contribution in [0.4, 0.5) is 0 Å². The van der Waals surface area contributed by atoms with Gasteiger partial charge in [-0.2, -0.15) is 0 Å². The number of hydrogen-bond acceptors (Lipinski definition) is 4. The molecule has 0 spiro atoms. The molecule has 0 aliphatic carbocycles. The van der Waals surface area contributed by atoms with E-state index in [2.05, 4.69) is 0 Å². The van der Waals surface area contributed by atoms with Crippen molar-refractivity contribution in [2.24, 2.45) is 10.8 Å². The first-order valence-corrected chi connectivity index (χ1v) is 8.76. The summed E-state index contributed by atoms with van der Waals surface area (Å²) in [5.41, 5.74) is -1.58. The molecule has 0 bridgehead atoms. The number of carbonyl (C=O) groups excluding carboxylic acids is 2. The maximum Gasteiger partial charge on any atom is 0.331 e. The third-order valence-electron chi connectivity index (χ3n) is 5.53. The van der Waals surface area contributed by atoms with E-state index >= 15 is 0 Å². The van der Waals surface area contributed by atoms with E-state index in [-0.39, 0.29) is 10.8 Å². The van der Waals surface area contributed by atoms with Crippen LogP contribution in [0.15, 0.2) is 12.2 Å². The predicted octanol–water partition coefficient (Wildman–Crippen LogP) is 5.06. The Balaban J connectivity index is 4.97. The van der Waals surface area contributed by atoms with Crippen molar-refractivity contribution in [1.82, 2.24) is 0 Å². The quantitative estimate of drug-likeness (QED) is 0.501. The molecule has 0 aliphatic heterocycles. The molecule has 0 rings (SSSR count). The lowest BCUT2D eigenvalue weighted by atomic mass is 9.76. The highest BCUT2D eigenvalue weighted by Crippen LogP contribution is 2.37. The Hall–Kier alpha value is -1.32.